The second kappa shape index (κ2) is 8.95. The Bertz CT molecular complexity index is 1020. The van der Waals surface area contributed by atoms with Gasteiger partial charge in [-0.3, -0.25) is 0 Å². The number of ether oxygens (including phenoxy) is 1. The molecular weight excluding hydrogens is 398 g/mol. The highest BCUT2D eigenvalue weighted by Gasteiger charge is 2.12. The first-order chi connectivity index (χ1) is 13.1. The molecule has 3 aromatic rings. The number of hydrogen-bond donors (Lipinski definition) is 0. The first kappa shape index (κ1) is 19.3. The largest absolute Gasteiger partial charge is 0.444 e. The number of nitriles is 1. The Hall–Kier alpha value is -2.47. The number of carbonyl (C=O) groups is 1. The van der Waals surface area contributed by atoms with Crippen molar-refractivity contribution in [1.29, 1.82) is 5.26 Å². The van der Waals surface area contributed by atoms with Crippen LogP contribution < -0.4 is 0 Å². The van der Waals surface area contributed by atoms with E-state index in [0.29, 0.717) is 9.52 Å². The third kappa shape index (κ3) is 5.04. The molecular formula is C19H15N3O2S3. The number of aromatic nitrogens is 2. The van der Waals surface area contributed by atoms with E-state index in [1.54, 1.807) is 40.7 Å². The Kier molecular flexibility index (Phi) is 6.40. The van der Waals surface area contributed by atoms with Crippen molar-refractivity contribution in [2.45, 2.75) is 23.1 Å². The van der Waals surface area contributed by atoms with Crippen LogP contribution in [-0.2, 0) is 10.5 Å². The number of benzene rings is 2. The van der Waals surface area contributed by atoms with Gasteiger partial charge < -0.3 is 4.74 Å². The highest BCUT2D eigenvalue weighted by molar-refractivity contribution is 8.00. The zero-order valence-corrected chi connectivity index (χ0v) is 16.8. The molecule has 5 nitrogen and oxygen atoms in total. The van der Waals surface area contributed by atoms with E-state index in [1.807, 2.05) is 24.3 Å². The molecule has 0 aliphatic rings. The maximum atomic E-state index is 11.9. The van der Waals surface area contributed by atoms with E-state index in [9.17, 15) is 4.79 Å². The average Bonchev–Trinajstić information content (AvgIpc) is 3.07. The standard InChI is InChI=1S/C19H15N3O2S3/c1-13(11-20)24-17(23)15-7-9-16(10-8-15)22-19(25)27-18(21-22)26-12-14-5-3-2-4-6-14/h2-10,13H,12H2,1H3/t13-/m0/s1. The Morgan fingerprint density at radius 2 is 2.00 bits per heavy atom. The van der Waals surface area contributed by atoms with Gasteiger partial charge in [-0.15, -0.1) is 5.10 Å². The van der Waals surface area contributed by atoms with Crippen LogP contribution in [0.2, 0.25) is 0 Å². The molecule has 0 spiro atoms. The van der Waals surface area contributed by atoms with E-state index in [2.05, 4.69) is 17.2 Å². The molecule has 0 fully saturated rings. The van der Waals surface area contributed by atoms with Crippen molar-refractivity contribution in [2.75, 3.05) is 0 Å². The molecule has 1 aromatic heterocycles. The summed E-state index contributed by atoms with van der Waals surface area (Å²) in [6.07, 6.45) is -0.784. The summed E-state index contributed by atoms with van der Waals surface area (Å²) in [5, 5.41) is 13.3. The van der Waals surface area contributed by atoms with Crippen LogP contribution in [0.5, 0.6) is 0 Å². The molecule has 1 atom stereocenters. The van der Waals surface area contributed by atoms with Crippen molar-refractivity contribution in [3.8, 4) is 11.8 Å². The third-order valence-corrected chi connectivity index (χ3v) is 5.98. The van der Waals surface area contributed by atoms with Crippen molar-refractivity contribution >= 4 is 41.3 Å². The molecule has 8 heteroatoms. The molecule has 0 saturated heterocycles. The maximum Gasteiger partial charge on any atom is 0.339 e. The van der Waals surface area contributed by atoms with Gasteiger partial charge in [0.2, 0.25) is 0 Å². The summed E-state index contributed by atoms with van der Waals surface area (Å²) in [5.41, 5.74) is 2.37. The molecule has 0 N–H and O–H groups in total. The normalized spacial score (nSPS) is 11.6. The molecule has 1 heterocycles. The van der Waals surface area contributed by atoms with Crippen molar-refractivity contribution in [2.24, 2.45) is 0 Å². The molecule has 0 radical (unpaired) electrons. The summed E-state index contributed by atoms with van der Waals surface area (Å²) in [7, 11) is 0. The van der Waals surface area contributed by atoms with Gasteiger partial charge >= 0.3 is 5.97 Å². The SMILES string of the molecule is C[C@@H](C#N)OC(=O)c1ccc(-n2nc(SCc3ccccc3)sc2=S)cc1. The second-order valence-electron chi connectivity index (χ2n) is 5.54. The van der Waals surface area contributed by atoms with Gasteiger partial charge in [0.1, 0.15) is 6.07 Å². The number of carbonyl (C=O) groups excluding carboxylic acids is 1. The van der Waals surface area contributed by atoms with Gasteiger partial charge in [-0.25, -0.2) is 9.48 Å². The molecule has 136 valence electrons. The molecule has 2 aromatic carbocycles. The summed E-state index contributed by atoms with van der Waals surface area (Å²) in [4.78, 5) is 11.9. The lowest BCUT2D eigenvalue weighted by molar-refractivity contribution is 0.0435. The number of hydrogen-bond acceptors (Lipinski definition) is 7. The van der Waals surface area contributed by atoms with E-state index < -0.39 is 12.1 Å². The topological polar surface area (TPSA) is 67.9 Å². The summed E-state index contributed by atoms with van der Waals surface area (Å²) < 4.78 is 8.19. The fraction of sp³-hybridized carbons (Fsp3) is 0.158. The Balaban J connectivity index is 1.71. The van der Waals surface area contributed by atoms with Crippen LogP contribution in [0.3, 0.4) is 0 Å². The van der Waals surface area contributed by atoms with E-state index in [4.69, 9.17) is 22.2 Å². The quantitative estimate of drug-likeness (QED) is 0.321. The van der Waals surface area contributed by atoms with E-state index in [-0.39, 0.29) is 0 Å². The van der Waals surface area contributed by atoms with Crippen molar-refractivity contribution < 1.29 is 9.53 Å². The summed E-state index contributed by atoms with van der Waals surface area (Å²) in [6.45, 7) is 1.52. The van der Waals surface area contributed by atoms with Gasteiger partial charge in [0.15, 0.2) is 14.4 Å². The Morgan fingerprint density at radius 1 is 1.30 bits per heavy atom. The fourth-order valence-electron chi connectivity index (χ4n) is 2.20. The average molecular weight is 414 g/mol. The van der Waals surface area contributed by atoms with Gasteiger partial charge in [-0.2, -0.15) is 5.26 Å². The zero-order chi connectivity index (χ0) is 19.2. The fourth-order valence-corrected chi connectivity index (χ4v) is 4.51. The Morgan fingerprint density at radius 3 is 2.67 bits per heavy atom. The lowest BCUT2D eigenvalue weighted by Crippen LogP contribution is -2.13. The Labute approximate surface area is 170 Å². The number of thioether (sulfide) groups is 1. The van der Waals surface area contributed by atoms with Gasteiger partial charge in [0, 0.05) is 5.75 Å². The molecule has 0 unspecified atom stereocenters. The highest BCUT2D eigenvalue weighted by Crippen LogP contribution is 2.27. The first-order valence-corrected chi connectivity index (χ1v) is 10.3. The van der Waals surface area contributed by atoms with Crippen LogP contribution in [0.4, 0.5) is 0 Å². The summed E-state index contributed by atoms with van der Waals surface area (Å²) >= 11 is 8.51. The maximum absolute atomic E-state index is 11.9. The second-order valence-corrected chi connectivity index (χ2v) is 8.39. The molecule has 0 aliphatic heterocycles. The van der Waals surface area contributed by atoms with Crippen LogP contribution in [0, 0.1) is 15.3 Å². The minimum Gasteiger partial charge on any atom is -0.444 e. The monoisotopic (exact) mass is 413 g/mol. The van der Waals surface area contributed by atoms with Crippen LogP contribution in [0.1, 0.15) is 22.8 Å². The van der Waals surface area contributed by atoms with E-state index in [1.165, 1.54) is 23.8 Å². The molecule has 0 saturated carbocycles. The number of rotatable bonds is 6. The lowest BCUT2D eigenvalue weighted by atomic mass is 10.2. The van der Waals surface area contributed by atoms with Crippen LogP contribution >= 0.6 is 35.3 Å². The third-order valence-electron chi connectivity index (χ3n) is 3.55. The minimum atomic E-state index is -0.784. The lowest BCUT2D eigenvalue weighted by Gasteiger charge is -2.06. The molecule has 3 rings (SSSR count). The summed E-state index contributed by atoms with van der Waals surface area (Å²) in [6, 6.07) is 18.8. The van der Waals surface area contributed by atoms with Gasteiger partial charge in [0.05, 0.1) is 11.3 Å². The first-order valence-electron chi connectivity index (χ1n) is 8.05. The predicted octanol–water partition coefficient (Wildman–Crippen LogP) is 5.02. The van der Waals surface area contributed by atoms with Gasteiger partial charge in [-0.05, 0) is 49.0 Å². The highest BCUT2D eigenvalue weighted by atomic mass is 32.2. The molecule has 0 amide bonds. The smallest absolute Gasteiger partial charge is 0.339 e. The molecule has 0 bridgehead atoms. The van der Waals surface area contributed by atoms with Crippen LogP contribution in [0.15, 0.2) is 58.9 Å². The zero-order valence-electron chi connectivity index (χ0n) is 14.4. The molecule has 27 heavy (non-hydrogen) atoms. The van der Waals surface area contributed by atoms with E-state index in [0.717, 1.165) is 15.8 Å². The van der Waals surface area contributed by atoms with Crippen LogP contribution in [-0.4, -0.2) is 21.9 Å². The number of nitrogens with zero attached hydrogens (tertiary/aromatic N) is 3. The minimum absolute atomic E-state index is 0.376. The molecule has 0 aliphatic carbocycles. The van der Waals surface area contributed by atoms with Crippen molar-refractivity contribution in [1.82, 2.24) is 9.78 Å². The predicted molar refractivity (Wildman–Crippen MR) is 109 cm³/mol. The van der Waals surface area contributed by atoms with E-state index >= 15 is 0 Å². The number of esters is 1. The van der Waals surface area contributed by atoms with Crippen molar-refractivity contribution in [3.05, 3.63) is 69.7 Å². The van der Waals surface area contributed by atoms with Crippen molar-refractivity contribution in [3.63, 3.8) is 0 Å². The summed E-state index contributed by atoms with van der Waals surface area (Å²) in [5.74, 6) is 0.293. The van der Waals surface area contributed by atoms with Gasteiger partial charge in [-0.1, -0.05) is 53.4 Å². The van der Waals surface area contributed by atoms with Gasteiger partial charge in [0.25, 0.3) is 0 Å². The van der Waals surface area contributed by atoms with Crippen LogP contribution in [0.25, 0.3) is 5.69 Å².